The lowest BCUT2D eigenvalue weighted by atomic mass is 9.79. The number of hydrogen-bond donors (Lipinski definition) is 0. The average Bonchev–Trinajstić information content (AvgIpc) is 3.88. The van der Waals surface area contributed by atoms with Crippen LogP contribution in [-0.4, -0.2) is 10.6 Å². The van der Waals surface area contributed by atoms with E-state index in [0.717, 1.165) is 36.3 Å². The number of fused-ring (bicyclic) bond motifs is 3. The van der Waals surface area contributed by atoms with Crippen LogP contribution in [0.15, 0.2) is 183 Å². The van der Waals surface area contributed by atoms with Gasteiger partial charge in [-0.2, -0.15) is 0 Å². The number of allylic oxidation sites excluding steroid dienone is 5. The molecule has 3 heteroatoms. The molecule has 0 fully saturated rings. The molecule has 10 rings (SSSR count). The van der Waals surface area contributed by atoms with Crippen molar-refractivity contribution in [2.75, 3.05) is 9.80 Å². The summed E-state index contributed by atoms with van der Waals surface area (Å²) in [5.41, 5.74) is 21.2. The Balaban J connectivity index is 1.08. The van der Waals surface area contributed by atoms with Gasteiger partial charge in [-0.05, 0) is 150 Å². The SMILES string of the molecule is C=CC1=C(c2c(C)c3c(n2-c2ccc(N(c4ccc(-c5ccccc5)cc4)c4ccc(N5c6ccccc6C(CC)C5/C=C\C)cc4)cc2)CCC=C3)C(C)(C)c2ccccc21. The fourth-order valence-corrected chi connectivity index (χ4v) is 10.9. The maximum Gasteiger partial charge on any atom is 0.0591 e. The van der Waals surface area contributed by atoms with Gasteiger partial charge in [0.2, 0.25) is 0 Å². The first-order valence-corrected chi connectivity index (χ1v) is 22.4. The Bertz CT molecular complexity index is 2880. The Hall–Kier alpha value is -6.84. The summed E-state index contributed by atoms with van der Waals surface area (Å²) < 4.78 is 2.57. The van der Waals surface area contributed by atoms with Crippen LogP contribution in [0.4, 0.5) is 28.4 Å². The molecule has 0 N–H and O–H groups in total. The molecule has 0 spiro atoms. The molecule has 3 aliphatic rings. The Kier molecular flexibility index (Phi) is 10.1. The second-order valence-electron chi connectivity index (χ2n) is 17.5. The van der Waals surface area contributed by atoms with Crippen LogP contribution in [0, 0.1) is 6.92 Å². The zero-order valence-electron chi connectivity index (χ0n) is 36.6. The molecule has 0 saturated heterocycles. The quantitative estimate of drug-likeness (QED) is 0.128. The maximum atomic E-state index is 4.37. The lowest BCUT2D eigenvalue weighted by molar-refractivity contribution is 0.620. The maximum absolute atomic E-state index is 4.37. The van der Waals surface area contributed by atoms with Gasteiger partial charge in [-0.1, -0.05) is 143 Å². The highest BCUT2D eigenvalue weighted by atomic mass is 15.2. The van der Waals surface area contributed by atoms with E-state index in [2.05, 4.69) is 238 Å². The van der Waals surface area contributed by atoms with Gasteiger partial charge >= 0.3 is 0 Å². The van der Waals surface area contributed by atoms with Crippen LogP contribution in [0.5, 0.6) is 0 Å². The number of nitrogens with zero attached hydrogens (tertiary/aromatic N) is 3. The molecule has 2 aliphatic carbocycles. The monoisotopic (exact) mass is 805 g/mol. The normalized spacial score (nSPS) is 17.3. The molecule has 0 radical (unpaired) electrons. The van der Waals surface area contributed by atoms with Crippen molar-refractivity contribution in [3.63, 3.8) is 0 Å². The largest absolute Gasteiger partial charge is 0.334 e. The van der Waals surface area contributed by atoms with Crippen molar-refractivity contribution in [1.29, 1.82) is 0 Å². The van der Waals surface area contributed by atoms with Crippen molar-refractivity contribution in [1.82, 2.24) is 4.57 Å². The second kappa shape index (κ2) is 15.9. The molecule has 2 heterocycles. The summed E-state index contributed by atoms with van der Waals surface area (Å²) >= 11 is 0. The summed E-state index contributed by atoms with van der Waals surface area (Å²) in [4.78, 5) is 4.93. The summed E-state index contributed by atoms with van der Waals surface area (Å²) in [6, 6.07) is 56.2. The van der Waals surface area contributed by atoms with E-state index in [1.54, 1.807) is 0 Å². The van der Waals surface area contributed by atoms with Gasteiger partial charge in [0.15, 0.2) is 0 Å². The zero-order valence-corrected chi connectivity index (χ0v) is 36.6. The van der Waals surface area contributed by atoms with Crippen LogP contribution in [0.3, 0.4) is 0 Å². The molecule has 7 aromatic rings. The molecule has 2 unspecified atom stereocenters. The fourth-order valence-electron chi connectivity index (χ4n) is 10.9. The summed E-state index contributed by atoms with van der Waals surface area (Å²) in [7, 11) is 0. The molecule has 1 aromatic heterocycles. The molecule has 0 saturated carbocycles. The van der Waals surface area contributed by atoms with E-state index in [1.165, 1.54) is 78.5 Å². The van der Waals surface area contributed by atoms with Gasteiger partial charge in [0, 0.05) is 51.2 Å². The van der Waals surface area contributed by atoms with Gasteiger partial charge in [0.05, 0.1) is 11.7 Å². The van der Waals surface area contributed by atoms with Crippen molar-refractivity contribution in [2.45, 2.75) is 71.3 Å². The van der Waals surface area contributed by atoms with E-state index in [9.17, 15) is 0 Å². The van der Waals surface area contributed by atoms with Crippen LogP contribution in [0.25, 0.3) is 34.0 Å². The van der Waals surface area contributed by atoms with Gasteiger partial charge in [-0.25, -0.2) is 0 Å². The van der Waals surface area contributed by atoms with Crippen LogP contribution >= 0.6 is 0 Å². The molecule has 2 atom stereocenters. The average molecular weight is 806 g/mol. The Morgan fingerprint density at radius 2 is 1.34 bits per heavy atom. The van der Waals surface area contributed by atoms with E-state index in [-0.39, 0.29) is 11.5 Å². The first-order chi connectivity index (χ1) is 30.3. The summed E-state index contributed by atoms with van der Waals surface area (Å²) in [5.74, 6) is 0.446. The minimum Gasteiger partial charge on any atom is -0.334 e. The first kappa shape index (κ1) is 39.3. The Morgan fingerprint density at radius 1 is 0.726 bits per heavy atom. The lowest BCUT2D eigenvalue weighted by Gasteiger charge is -2.30. The van der Waals surface area contributed by atoms with Gasteiger partial charge in [0.25, 0.3) is 0 Å². The highest BCUT2D eigenvalue weighted by Gasteiger charge is 2.41. The van der Waals surface area contributed by atoms with Crippen molar-refractivity contribution in [3.8, 4) is 16.8 Å². The number of rotatable bonds is 10. The van der Waals surface area contributed by atoms with Crippen LogP contribution in [-0.2, 0) is 11.8 Å². The minimum absolute atomic E-state index is 0.191. The van der Waals surface area contributed by atoms with Crippen molar-refractivity contribution in [3.05, 3.63) is 222 Å². The Labute approximate surface area is 368 Å². The van der Waals surface area contributed by atoms with Crippen LogP contribution in [0.1, 0.15) is 85.7 Å². The fraction of sp³-hybridized carbons (Fsp3) is 0.186. The third-order valence-electron chi connectivity index (χ3n) is 13.7. The number of para-hydroxylation sites is 1. The molecule has 6 aromatic carbocycles. The topological polar surface area (TPSA) is 11.4 Å². The number of aromatic nitrogens is 1. The van der Waals surface area contributed by atoms with Crippen LogP contribution in [0.2, 0.25) is 0 Å². The Morgan fingerprint density at radius 3 is 2.02 bits per heavy atom. The molecule has 3 nitrogen and oxygen atoms in total. The third-order valence-corrected chi connectivity index (χ3v) is 13.7. The second-order valence-corrected chi connectivity index (χ2v) is 17.5. The van der Waals surface area contributed by atoms with E-state index < -0.39 is 0 Å². The van der Waals surface area contributed by atoms with E-state index in [1.807, 2.05) is 0 Å². The van der Waals surface area contributed by atoms with Gasteiger partial charge in [-0.15, -0.1) is 0 Å². The third kappa shape index (κ3) is 6.33. The van der Waals surface area contributed by atoms with Crippen molar-refractivity contribution >= 4 is 45.7 Å². The molecule has 306 valence electrons. The highest BCUT2D eigenvalue weighted by molar-refractivity contribution is 6.05. The molecular weight excluding hydrogens is 751 g/mol. The smallest absolute Gasteiger partial charge is 0.0591 e. The summed E-state index contributed by atoms with van der Waals surface area (Å²) in [6.45, 7) is 15.9. The lowest BCUT2D eigenvalue weighted by Crippen LogP contribution is -2.28. The number of anilines is 5. The molecule has 0 bridgehead atoms. The minimum atomic E-state index is -0.191. The number of benzene rings is 6. The summed E-state index contributed by atoms with van der Waals surface area (Å²) in [6.07, 6.45) is 14.5. The van der Waals surface area contributed by atoms with Crippen molar-refractivity contribution < 1.29 is 0 Å². The summed E-state index contributed by atoms with van der Waals surface area (Å²) in [5, 5.41) is 0. The molecule has 1 aliphatic heterocycles. The first-order valence-electron chi connectivity index (χ1n) is 22.4. The molecular formula is C59H55N3. The van der Waals surface area contributed by atoms with E-state index in [0.29, 0.717) is 5.92 Å². The molecule has 0 amide bonds. The van der Waals surface area contributed by atoms with E-state index >= 15 is 0 Å². The standard InChI is InChI=1S/C59H55N3/c1-7-19-54-48(8-2)52-24-15-18-27-56(52)61(54)46-36-32-44(33-37-46)60(43-30-28-42(29-31-43)41-20-11-10-12-21-41)45-34-38-47(39-35-45)62-55-26-17-14-22-50(55)40(4)58(62)57-49(9-3)51-23-13-16-25-53(51)59(57,5)6/h7,9-16,18-25,27-39,48,54H,3,8,17,26H2,1-2,4-6H3/b19-7-. The predicted octanol–water partition coefficient (Wildman–Crippen LogP) is 15.9. The van der Waals surface area contributed by atoms with Gasteiger partial charge in [-0.3, -0.25) is 0 Å². The van der Waals surface area contributed by atoms with Gasteiger partial charge in [0.1, 0.15) is 0 Å². The van der Waals surface area contributed by atoms with Gasteiger partial charge < -0.3 is 14.4 Å². The zero-order chi connectivity index (χ0) is 42.5. The highest BCUT2D eigenvalue weighted by Crippen LogP contribution is 2.54. The molecule has 62 heavy (non-hydrogen) atoms. The van der Waals surface area contributed by atoms with Crippen LogP contribution < -0.4 is 9.80 Å². The van der Waals surface area contributed by atoms with E-state index in [4.69, 9.17) is 0 Å². The van der Waals surface area contributed by atoms with Crippen molar-refractivity contribution in [2.24, 2.45) is 0 Å². The predicted molar refractivity (Wildman–Crippen MR) is 265 cm³/mol. The number of hydrogen-bond acceptors (Lipinski definition) is 2.